The van der Waals surface area contributed by atoms with Gasteiger partial charge in [-0.15, -0.1) is 24.8 Å². The zero-order valence-corrected chi connectivity index (χ0v) is 11.2. The van der Waals surface area contributed by atoms with Crippen LogP contribution in [-0.2, 0) is 6.42 Å². The molecule has 2 nitrogen and oxygen atoms in total. The molecule has 4 heteroatoms. The van der Waals surface area contributed by atoms with Crippen LogP contribution in [0.3, 0.4) is 0 Å². The van der Waals surface area contributed by atoms with Gasteiger partial charge in [-0.1, -0.05) is 6.42 Å². The Hall–Kier alpha value is -0.310. The molecule has 0 radical (unpaired) electrons. The van der Waals surface area contributed by atoms with Crippen molar-refractivity contribution in [3.05, 3.63) is 29.6 Å². The zero-order valence-electron chi connectivity index (χ0n) is 9.61. The first-order valence-electron chi connectivity index (χ1n) is 5.49. The van der Waals surface area contributed by atoms with Crippen molar-refractivity contribution in [1.82, 2.24) is 10.3 Å². The summed E-state index contributed by atoms with van der Waals surface area (Å²) in [4.78, 5) is 4.39. The lowest BCUT2D eigenvalue weighted by molar-refractivity contribution is 0.397. The predicted molar refractivity (Wildman–Crippen MR) is 72.8 cm³/mol. The first-order valence-corrected chi connectivity index (χ1v) is 5.49. The molecule has 92 valence electrons. The minimum atomic E-state index is 0. The van der Waals surface area contributed by atoms with Crippen LogP contribution >= 0.6 is 24.8 Å². The highest BCUT2D eigenvalue weighted by Crippen LogP contribution is 2.11. The van der Waals surface area contributed by atoms with Crippen molar-refractivity contribution >= 4 is 24.8 Å². The van der Waals surface area contributed by atoms with Crippen molar-refractivity contribution in [2.45, 2.75) is 38.6 Å². The molecule has 1 atom stereocenters. The molecule has 1 aliphatic heterocycles. The molecule has 1 saturated heterocycles. The van der Waals surface area contributed by atoms with E-state index in [-0.39, 0.29) is 24.8 Å². The average Bonchev–Trinajstić information content (AvgIpc) is 2.19. The van der Waals surface area contributed by atoms with E-state index in [4.69, 9.17) is 0 Å². The van der Waals surface area contributed by atoms with Gasteiger partial charge in [-0.25, -0.2) is 0 Å². The first kappa shape index (κ1) is 15.7. The Labute approximate surface area is 110 Å². The number of aromatic nitrogens is 1. The van der Waals surface area contributed by atoms with E-state index in [0.717, 1.165) is 6.42 Å². The Kier molecular flexibility index (Phi) is 7.73. The molecule has 0 aromatic carbocycles. The quantitative estimate of drug-likeness (QED) is 0.887. The fourth-order valence-electron chi connectivity index (χ4n) is 2.06. The van der Waals surface area contributed by atoms with E-state index >= 15 is 0 Å². The van der Waals surface area contributed by atoms with Gasteiger partial charge in [0.25, 0.3) is 0 Å². The van der Waals surface area contributed by atoms with Crippen LogP contribution < -0.4 is 5.32 Å². The Morgan fingerprint density at radius 3 is 2.81 bits per heavy atom. The van der Waals surface area contributed by atoms with E-state index in [1.807, 2.05) is 6.20 Å². The third kappa shape index (κ3) is 4.69. The van der Waals surface area contributed by atoms with Crippen molar-refractivity contribution in [3.63, 3.8) is 0 Å². The number of nitrogens with zero attached hydrogens (tertiary/aromatic N) is 1. The van der Waals surface area contributed by atoms with Crippen LogP contribution in [0.25, 0.3) is 0 Å². The second kappa shape index (κ2) is 7.88. The minimum Gasteiger partial charge on any atom is -0.314 e. The summed E-state index contributed by atoms with van der Waals surface area (Å²) in [7, 11) is 0. The van der Waals surface area contributed by atoms with Crippen LogP contribution in [0.1, 0.15) is 30.5 Å². The average molecular weight is 263 g/mol. The Morgan fingerprint density at radius 1 is 1.38 bits per heavy atom. The molecule has 0 spiro atoms. The van der Waals surface area contributed by atoms with Gasteiger partial charge in [0.05, 0.1) is 0 Å². The lowest BCUT2D eigenvalue weighted by Gasteiger charge is -2.23. The third-order valence-corrected chi connectivity index (χ3v) is 2.84. The summed E-state index contributed by atoms with van der Waals surface area (Å²) < 4.78 is 0. The molecule has 0 amide bonds. The summed E-state index contributed by atoms with van der Waals surface area (Å²) in [5.41, 5.74) is 2.54. The van der Waals surface area contributed by atoms with Gasteiger partial charge in [0.1, 0.15) is 0 Å². The number of piperidine rings is 1. The van der Waals surface area contributed by atoms with E-state index in [0.29, 0.717) is 6.04 Å². The molecule has 2 heterocycles. The van der Waals surface area contributed by atoms with Crippen LogP contribution in [0.2, 0.25) is 0 Å². The molecule has 0 bridgehead atoms. The predicted octanol–water partition coefficient (Wildman–Crippen LogP) is 2.92. The summed E-state index contributed by atoms with van der Waals surface area (Å²) in [6.45, 7) is 3.30. The molecule has 1 unspecified atom stereocenters. The number of nitrogens with one attached hydrogen (secondary N) is 1. The normalized spacial score (nSPS) is 19.4. The maximum atomic E-state index is 4.39. The van der Waals surface area contributed by atoms with Gasteiger partial charge in [0.2, 0.25) is 0 Å². The number of halogens is 2. The first-order chi connectivity index (χ1) is 6.84. The second-order valence-electron chi connectivity index (χ2n) is 4.18. The molecule has 1 fully saturated rings. The highest BCUT2D eigenvalue weighted by Gasteiger charge is 2.13. The Bertz CT molecular complexity index is 299. The van der Waals surface area contributed by atoms with E-state index in [9.17, 15) is 0 Å². The van der Waals surface area contributed by atoms with E-state index < -0.39 is 0 Å². The highest BCUT2D eigenvalue weighted by atomic mass is 35.5. The maximum absolute atomic E-state index is 4.39. The number of hydrogen-bond acceptors (Lipinski definition) is 2. The van der Waals surface area contributed by atoms with Gasteiger partial charge in [0.15, 0.2) is 0 Å². The monoisotopic (exact) mass is 262 g/mol. The number of hydrogen-bond donors (Lipinski definition) is 1. The van der Waals surface area contributed by atoms with Gasteiger partial charge in [-0.2, -0.15) is 0 Å². The van der Waals surface area contributed by atoms with Crippen LogP contribution in [0, 0.1) is 6.92 Å². The summed E-state index contributed by atoms with van der Waals surface area (Å²) >= 11 is 0. The van der Waals surface area contributed by atoms with Gasteiger partial charge >= 0.3 is 0 Å². The van der Waals surface area contributed by atoms with Crippen molar-refractivity contribution < 1.29 is 0 Å². The molecule has 0 aliphatic carbocycles. The minimum absolute atomic E-state index is 0. The van der Waals surface area contributed by atoms with Crippen LogP contribution in [0.4, 0.5) is 0 Å². The lowest BCUT2D eigenvalue weighted by Crippen LogP contribution is -2.35. The summed E-state index contributed by atoms with van der Waals surface area (Å²) in [5, 5.41) is 3.55. The largest absolute Gasteiger partial charge is 0.314 e. The molecule has 1 aliphatic rings. The molecule has 2 rings (SSSR count). The highest BCUT2D eigenvalue weighted by molar-refractivity contribution is 5.85. The molecule has 16 heavy (non-hydrogen) atoms. The number of rotatable bonds is 2. The summed E-state index contributed by atoms with van der Waals surface area (Å²) in [5.74, 6) is 0. The smallest absolute Gasteiger partial charge is 0.0421 e. The molecule has 1 N–H and O–H groups in total. The fraction of sp³-hybridized carbons (Fsp3) is 0.583. The van der Waals surface area contributed by atoms with Crippen molar-refractivity contribution in [3.8, 4) is 0 Å². The second-order valence-corrected chi connectivity index (χ2v) is 4.18. The lowest BCUT2D eigenvalue weighted by atomic mass is 10.00. The molecular weight excluding hydrogens is 243 g/mol. The maximum Gasteiger partial charge on any atom is 0.0421 e. The van der Waals surface area contributed by atoms with E-state index in [2.05, 4.69) is 29.4 Å². The van der Waals surface area contributed by atoms with Gasteiger partial charge in [-0.3, -0.25) is 4.98 Å². The number of pyridine rings is 1. The molecule has 1 aromatic heterocycles. The standard InChI is InChI=1S/C12H18N2.2ClH/c1-10-5-7-14-12(8-10)9-11-4-2-3-6-13-11;;/h5,7-8,11,13H,2-4,6,9H2,1H3;2*1H. The Balaban J connectivity index is 0.00000112. The van der Waals surface area contributed by atoms with E-state index in [1.54, 1.807) is 0 Å². The van der Waals surface area contributed by atoms with Crippen LogP contribution in [-0.4, -0.2) is 17.6 Å². The Morgan fingerprint density at radius 2 is 2.19 bits per heavy atom. The van der Waals surface area contributed by atoms with Gasteiger partial charge in [-0.05, 0) is 44.0 Å². The van der Waals surface area contributed by atoms with Gasteiger partial charge < -0.3 is 5.32 Å². The van der Waals surface area contributed by atoms with Gasteiger partial charge in [0, 0.05) is 24.4 Å². The van der Waals surface area contributed by atoms with Crippen molar-refractivity contribution in [1.29, 1.82) is 0 Å². The SMILES string of the molecule is Cc1ccnc(CC2CCCCN2)c1.Cl.Cl. The molecule has 0 saturated carbocycles. The topological polar surface area (TPSA) is 24.9 Å². The zero-order chi connectivity index (χ0) is 9.80. The summed E-state index contributed by atoms with van der Waals surface area (Å²) in [6.07, 6.45) is 6.99. The summed E-state index contributed by atoms with van der Waals surface area (Å²) in [6, 6.07) is 4.90. The number of aryl methyl sites for hydroxylation is 1. The van der Waals surface area contributed by atoms with Crippen LogP contribution in [0.15, 0.2) is 18.3 Å². The van der Waals surface area contributed by atoms with E-state index in [1.165, 1.54) is 37.1 Å². The molecular formula is C12H20Cl2N2. The van der Waals surface area contributed by atoms with Crippen LogP contribution in [0.5, 0.6) is 0 Å². The van der Waals surface area contributed by atoms with Crippen molar-refractivity contribution in [2.75, 3.05) is 6.54 Å². The fourth-order valence-corrected chi connectivity index (χ4v) is 2.06. The third-order valence-electron chi connectivity index (χ3n) is 2.84. The molecule has 1 aromatic rings. The van der Waals surface area contributed by atoms with Crippen molar-refractivity contribution in [2.24, 2.45) is 0 Å².